The minimum Gasteiger partial charge on any atom is -0.361 e. The van der Waals surface area contributed by atoms with Gasteiger partial charge >= 0.3 is 0 Å². The zero-order valence-corrected chi connectivity index (χ0v) is 12.7. The van der Waals surface area contributed by atoms with E-state index in [4.69, 9.17) is 4.74 Å². The van der Waals surface area contributed by atoms with Gasteiger partial charge in [0, 0.05) is 12.0 Å². The van der Waals surface area contributed by atoms with Crippen molar-refractivity contribution in [3.63, 3.8) is 0 Å². The Balaban J connectivity index is 2.38. The van der Waals surface area contributed by atoms with E-state index < -0.39 is 0 Å². The largest absolute Gasteiger partial charge is 0.361 e. The van der Waals surface area contributed by atoms with Crippen LogP contribution in [-0.2, 0) is 4.74 Å². The van der Waals surface area contributed by atoms with Crippen LogP contribution in [0.15, 0.2) is 23.3 Å². The molecule has 0 aliphatic carbocycles. The molecule has 2 heteroatoms. The maximum Gasteiger partial charge on any atom is 0.113 e. The molecule has 1 saturated heterocycles. The Kier molecular flexibility index (Phi) is 6.10. The summed E-state index contributed by atoms with van der Waals surface area (Å²) in [6.45, 7) is 12.9. The Hall–Kier alpha value is -0.600. The molecule has 0 aromatic heterocycles. The van der Waals surface area contributed by atoms with Gasteiger partial charge in [-0.25, -0.2) is 0 Å². The van der Waals surface area contributed by atoms with Crippen molar-refractivity contribution in [2.24, 2.45) is 5.41 Å². The molecule has 1 aliphatic rings. The Morgan fingerprint density at radius 3 is 2.56 bits per heavy atom. The van der Waals surface area contributed by atoms with E-state index in [0.717, 1.165) is 26.0 Å². The summed E-state index contributed by atoms with van der Waals surface area (Å²) in [6, 6.07) is 0. The second kappa shape index (κ2) is 7.10. The third-order valence-corrected chi connectivity index (χ3v) is 3.49. The van der Waals surface area contributed by atoms with E-state index in [1.54, 1.807) is 0 Å². The Labute approximate surface area is 112 Å². The van der Waals surface area contributed by atoms with Gasteiger partial charge in [-0.05, 0) is 40.0 Å². The molecule has 1 unspecified atom stereocenters. The number of nitrogens with one attached hydrogen (secondary N) is 1. The zero-order chi connectivity index (χ0) is 13.6. The van der Waals surface area contributed by atoms with Crippen LogP contribution >= 0.6 is 0 Å². The van der Waals surface area contributed by atoms with Gasteiger partial charge < -0.3 is 4.74 Å². The van der Waals surface area contributed by atoms with Crippen LogP contribution in [0.2, 0.25) is 0 Å². The van der Waals surface area contributed by atoms with E-state index in [1.165, 1.54) is 17.6 Å². The number of hydrogen-bond donors (Lipinski definition) is 1. The van der Waals surface area contributed by atoms with Crippen LogP contribution in [0.3, 0.4) is 0 Å². The topological polar surface area (TPSA) is 21.3 Å². The van der Waals surface area contributed by atoms with Crippen molar-refractivity contribution in [3.05, 3.63) is 23.3 Å². The molecule has 1 aliphatic heterocycles. The summed E-state index contributed by atoms with van der Waals surface area (Å²) < 4.78 is 5.71. The lowest BCUT2D eigenvalue weighted by Crippen LogP contribution is -2.38. The normalized spacial score (nSPS) is 21.2. The highest BCUT2D eigenvalue weighted by Crippen LogP contribution is 2.29. The van der Waals surface area contributed by atoms with Crippen LogP contribution in [0.25, 0.3) is 0 Å². The van der Waals surface area contributed by atoms with Gasteiger partial charge in [0.25, 0.3) is 0 Å². The number of rotatable bonds is 6. The molecular formula is C16H29NO. The first-order valence-corrected chi connectivity index (χ1v) is 7.06. The molecule has 0 aromatic rings. The Bertz CT molecular complexity index is 305. The van der Waals surface area contributed by atoms with Crippen molar-refractivity contribution >= 4 is 0 Å². The number of hydrogen-bond acceptors (Lipinski definition) is 2. The SMILES string of the molecule is CC(C)=CCCC(C)=CCC(C)(C)C1NCCO1. The van der Waals surface area contributed by atoms with Crippen molar-refractivity contribution in [1.82, 2.24) is 5.32 Å². The molecule has 0 saturated carbocycles. The van der Waals surface area contributed by atoms with Gasteiger partial charge in [-0.2, -0.15) is 0 Å². The van der Waals surface area contributed by atoms with Crippen molar-refractivity contribution < 1.29 is 4.74 Å². The van der Waals surface area contributed by atoms with Crippen LogP contribution in [-0.4, -0.2) is 19.4 Å². The standard InChI is InChI=1S/C16H29NO/c1-13(2)7-6-8-14(3)9-10-16(4,5)15-17-11-12-18-15/h7,9,15,17H,6,8,10-12H2,1-5H3. The molecule has 1 N–H and O–H groups in total. The first kappa shape index (κ1) is 15.5. The van der Waals surface area contributed by atoms with E-state index >= 15 is 0 Å². The van der Waals surface area contributed by atoms with Gasteiger partial charge in [0.1, 0.15) is 6.23 Å². The molecule has 1 fully saturated rings. The maximum atomic E-state index is 5.71. The molecule has 2 nitrogen and oxygen atoms in total. The highest BCUT2D eigenvalue weighted by Gasteiger charge is 2.31. The predicted molar refractivity (Wildman–Crippen MR) is 78.6 cm³/mol. The van der Waals surface area contributed by atoms with Crippen LogP contribution in [0, 0.1) is 5.41 Å². The van der Waals surface area contributed by atoms with E-state index in [-0.39, 0.29) is 11.6 Å². The quantitative estimate of drug-likeness (QED) is 0.719. The van der Waals surface area contributed by atoms with Gasteiger partial charge in [0.15, 0.2) is 0 Å². The van der Waals surface area contributed by atoms with Crippen molar-refractivity contribution in [2.75, 3.05) is 13.2 Å². The summed E-state index contributed by atoms with van der Waals surface area (Å²) in [4.78, 5) is 0. The van der Waals surface area contributed by atoms with E-state index in [2.05, 4.69) is 52.1 Å². The minimum atomic E-state index is 0.175. The predicted octanol–water partition coefficient (Wildman–Crippen LogP) is 4.04. The third-order valence-electron chi connectivity index (χ3n) is 3.49. The van der Waals surface area contributed by atoms with E-state index in [9.17, 15) is 0 Å². The average molecular weight is 251 g/mol. The smallest absolute Gasteiger partial charge is 0.113 e. The lowest BCUT2D eigenvalue weighted by molar-refractivity contribution is 0.00894. The fourth-order valence-electron chi connectivity index (χ4n) is 2.16. The zero-order valence-electron chi connectivity index (χ0n) is 12.7. The molecule has 1 atom stereocenters. The van der Waals surface area contributed by atoms with E-state index in [1.807, 2.05) is 0 Å². The fourth-order valence-corrected chi connectivity index (χ4v) is 2.16. The molecule has 0 amide bonds. The highest BCUT2D eigenvalue weighted by molar-refractivity contribution is 5.04. The molecule has 1 rings (SSSR count). The summed E-state index contributed by atoms with van der Waals surface area (Å²) in [6.07, 6.45) is 8.29. The summed E-state index contributed by atoms with van der Waals surface area (Å²) in [7, 11) is 0. The van der Waals surface area contributed by atoms with Crippen molar-refractivity contribution in [1.29, 1.82) is 0 Å². The molecular weight excluding hydrogens is 222 g/mol. The molecule has 1 heterocycles. The van der Waals surface area contributed by atoms with Crippen molar-refractivity contribution in [3.8, 4) is 0 Å². The minimum absolute atomic E-state index is 0.175. The second-order valence-corrected chi connectivity index (χ2v) is 6.27. The molecule has 104 valence electrons. The molecule has 0 aromatic carbocycles. The average Bonchev–Trinajstić information content (AvgIpc) is 2.80. The van der Waals surface area contributed by atoms with Crippen LogP contribution < -0.4 is 5.32 Å². The molecule has 0 bridgehead atoms. The number of allylic oxidation sites excluding steroid dienone is 4. The molecule has 0 radical (unpaired) electrons. The lowest BCUT2D eigenvalue weighted by Gasteiger charge is -2.29. The summed E-state index contributed by atoms with van der Waals surface area (Å²) >= 11 is 0. The van der Waals surface area contributed by atoms with Gasteiger partial charge in [-0.15, -0.1) is 0 Å². The molecule has 18 heavy (non-hydrogen) atoms. The first-order chi connectivity index (χ1) is 8.42. The van der Waals surface area contributed by atoms with E-state index in [0.29, 0.717) is 0 Å². The third kappa shape index (κ3) is 5.36. The Morgan fingerprint density at radius 1 is 1.28 bits per heavy atom. The molecule has 0 spiro atoms. The first-order valence-electron chi connectivity index (χ1n) is 7.06. The van der Waals surface area contributed by atoms with Crippen LogP contribution in [0.1, 0.15) is 53.9 Å². The summed E-state index contributed by atoms with van der Waals surface area (Å²) in [5.74, 6) is 0. The van der Waals surface area contributed by atoms with Gasteiger partial charge in [-0.3, -0.25) is 5.32 Å². The van der Waals surface area contributed by atoms with Crippen molar-refractivity contribution in [2.45, 2.75) is 60.1 Å². The van der Waals surface area contributed by atoms with Crippen LogP contribution in [0.5, 0.6) is 0 Å². The van der Waals surface area contributed by atoms with Crippen LogP contribution in [0.4, 0.5) is 0 Å². The lowest BCUT2D eigenvalue weighted by atomic mass is 9.86. The van der Waals surface area contributed by atoms with Gasteiger partial charge in [0.05, 0.1) is 6.61 Å². The maximum absolute atomic E-state index is 5.71. The van der Waals surface area contributed by atoms with Gasteiger partial charge in [-0.1, -0.05) is 37.1 Å². The summed E-state index contributed by atoms with van der Waals surface area (Å²) in [5, 5.41) is 3.42. The second-order valence-electron chi connectivity index (χ2n) is 6.27. The highest BCUT2D eigenvalue weighted by atomic mass is 16.5. The summed E-state index contributed by atoms with van der Waals surface area (Å²) in [5.41, 5.74) is 3.07. The Morgan fingerprint density at radius 2 is 2.00 bits per heavy atom. The number of ether oxygens (including phenoxy) is 1. The van der Waals surface area contributed by atoms with Gasteiger partial charge in [0.2, 0.25) is 0 Å². The monoisotopic (exact) mass is 251 g/mol. The fraction of sp³-hybridized carbons (Fsp3) is 0.750.